The summed E-state index contributed by atoms with van der Waals surface area (Å²) in [6.45, 7) is 4.12. The second-order valence-electron chi connectivity index (χ2n) is 4.22. The maximum absolute atomic E-state index is 6.20. The Kier molecular flexibility index (Phi) is 4.25. The van der Waals surface area contributed by atoms with Crippen LogP contribution in [0, 0.1) is 0 Å². The molecule has 0 aliphatic rings. The van der Waals surface area contributed by atoms with Crippen LogP contribution in [-0.4, -0.2) is 9.97 Å². The van der Waals surface area contributed by atoms with E-state index in [2.05, 4.69) is 39.7 Å². The normalized spacial score (nSPS) is 11.0. The summed E-state index contributed by atoms with van der Waals surface area (Å²) in [5.74, 6) is 0.849. The molecule has 2 aromatic rings. The summed E-state index contributed by atoms with van der Waals surface area (Å²) in [7, 11) is 0. The summed E-state index contributed by atoms with van der Waals surface area (Å²) in [4.78, 5) is 8.73. The first-order valence-corrected chi connectivity index (χ1v) is 7.02. The van der Waals surface area contributed by atoms with E-state index in [1.54, 1.807) is 6.07 Å². The summed E-state index contributed by atoms with van der Waals surface area (Å²) in [5, 5.41) is 1.03. The quantitative estimate of drug-likeness (QED) is 0.687. The fraction of sp³-hybridized carbons (Fsp3) is 0.231. The van der Waals surface area contributed by atoms with E-state index >= 15 is 0 Å². The third-order valence-electron chi connectivity index (χ3n) is 2.48. The highest BCUT2D eigenvalue weighted by Crippen LogP contribution is 2.30. The van der Waals surface area contributed by atoms with E-state index in [0.29, 0.717) is 21.9 Å². The Balaban J connectivity index is 2.56. The highest BCUT2D eigenvalue weighted by Gasteiger charge is 2.11. The van der Waals surface area contributed by atoms with E-state index in [1.807, 2.05) is 18.2 Å². The van der Waals surface area contributed by atoms with Gasteiger partial charge in [-0.1, -0.05) is 53.0 Å². The maximum Gasteiger partial charge on any atom is 0.162 e. The van der Waals surface area contributed by atoms with Crippen molar-refractivity contribution < 1.29 is 0 Å². The van der Waals surface area contributed by atoms with Crippen LogP contribution < -0.4 is 0 Å². The fourth-order valence-electron chi connectivity index (χ4n) is 1.52. The Morgan fingerprint density at radius 3 is 2.44 bits per heavy atom. The lowest BCUT2D eigenvalue weighted by Gasteiger charge is -2.09. The fourth-order valence-corrected chi connectivity index (χ4v) is 2.47. The molecule has 1 aromatic carbocycles. The molecule has 0 aliphatic carbocycles. The van der Waals surface area contributed by atoms with Gasteiger partial charge >= 0.3 is 0 Å². The van der Waals surface area contributed by atoms with Crippen LogP contribution in [0.2, 0.25) is 10.2 Å². The van der Waals surface area contributed by atoms with Crippen LogP contribution in [0.5, 0.6) is 0 Å². The third-order valence-corrected chi connectivity index (χ3v) is 3.48. The summed E-state index contributed by atoms with van der Waals surface area (Å²) in [6.07, 6.45) is 0. The van der Waals surface area contributed by atoms with Gasteiger partial charge in [0, 0.05) is 15.7 Å². The van der Waals surface area contributed by atoms with Gasteiger partial charge in [0.15, 0.2) is 5.82 Å². The van der Waals surface area contributed by atoms with Gasteiger partial charge in [-0.05, 0) is 30.2 Å². The molecular weight excluding hydrogens is 335 g/mol. The SMILES string of the molecule is CC(C)c1cc(Cl)nc(-c2ccc(Br)cc2Cl)n1. The zero-order chi connectivity index (χ0) is 13.3. The molecule has 94 valence electrons. The van der Waals surface area contributed by atoms with Crippen LogP contribution in [0.4, 0.5) is 0 Å². The largest absolute Gasteiger partial charge is 0.233 e. The molecule has 0 bridgehead atoms. The smallest absolute Gasteiger partial charge is 0.162 e. The van der Waals surface area contributed by atoms with Crippen molar-refractivity contribution in [2.75, 3.05) is 0 Å². The van der Waals surface area contributed by atoms with E-state index < -0.39 is 0 Å². The van der Waals surface area contributed by atoms with Gasteiger partial charge in [-0.2, -0.15) is 0 Å². The molecule has 0 atom stereocenters. The minimum atomic E-state index is 0.290. The summed E-state index contributed by atoms with van der Waals surface area (Å²) >= 11 is 15.6. The minimum absolute atomic E-state index is 0.290. The standard InChI is InChI=1S/C13H11BrCl2N2/c1-7(2)11-6-12(16)18-13(17-11)9-4-3-8(14)5-10(9)15/h3-7H,1-2H3. The van der Waals surface area contributed by atoms with Crippen molar-refractivity contribution in [3.8, 4) is 11.4 Å². The molecule has 0 radical (unpaired) electrons. The topological polar surface area (TPSA) is 25.8 Å². The van der Waals surface area contributed by atoms with Crippen LogP contribution in [0.1, 0.15) is 25.5 Å². The van der Waals surface area contributed by atoms with Crippen LogP contribution in [0.15, 0.2) is 28.7 Å². The van der Waals surface area contributed by atoms with Gasteiger partial charge < -0.3 is 0 Å². The molecule has 0 saturated carbocycles. The molecule has 2 rings (SSSR count). The molecule has 1 heterocycles. The van der Waals surface area contributed by atoms with Crippen molar-refractivity contribution in [2.24, 2.45) is 0 Å². The Morgan fingerprint density at radius 1 is 1.11 bits per heavy atom. The van der Waals surface area contributed by atoms with Crippen LogP contribution >= 0.6 is 39.1 Å². The molecular formula is C13H11BrCl2N2. The van der Waals surface area contributed by atoms with Crippen molar-refractivity contribution in [3.05, 3.63) is 44.6 Å². The van der Waals surface area contributed by atoms with Crippen LogP contribution in [0.25, 0.3) is 11.4 Å². The number of hydrogen-bond donors (Lipinski definition) is 0. The van der Waals surface area contributed by atoms with E-state index in [9.17, 15) is 0 Å². The van der Waals surface area contributed by atoms with Crippen molar-refractivity contribution >= 4 is 39.1 Å². The van der Waals surface area contributed by atoms with E-state index in [4.69, 9.17) is 23.2 Å². The molecule has 0 amide bonds. The lowest BCUT2D eigenvalue weighted by Crippen LogP contribution is -1.98. The minimum Gasteiger partial charge on any atom is -0.233 e. The highest BCUT2D eigenvalue weighted by atomic mass is 79.9. The zero-order valence-corrected chi connectivity index (χ0v) is 13.0. The van der Waals surface area contributed by atoms with Gasteiger partial charge in [0.05, 0.1) is 5.02 Å². The average Bonchev–Trinajstić information content (AvgIpc) is 2.27. The second-order valence-corrected chi connectivity index (χ2v) is 5.93. The van der Waals surface area contributed by atoms with Crippen molar-refractivity contribution in [3.63, 3.8) is 0 Å². The van der Waals surface area contributed by atoms with Crippen LogP contribution in [0.3, 0.4) is 0 Å². The number of hydrogen-bond acceptors (Lipinski definition) is 2. The number of halogens is 3. The van der Waals surface area contributed by atoms with Gasteiger partial charge in [0.1, 0.15) is 5.15 Å². The van der Waals surface area contributed by atoms with E-state index in [0.717, 1.165) is 15.7 Å². The molecule has 18 heavy (non-hydrogen) atoms. The van der Waals surface area contributed by atoms with Crippen molar-refractivity contribution in [1.29, 1.82) is 0 Å². The van der Waals surface area contributed by atoms with Gasteiger partial charge in [0.2, 0.25) is 0 Å². The van der Waals surface area contributed by atoms with Gasteiger partial charge in [0.25, 0.3) is 0 Å². The molecule has 1 aromatic heterocycles. The molecule has 0 saturated heterocycles. The number of nitrogens with zero attached hydrogens (tertiary/aromatic N) is 2. The highest BCUT2D eigenvalue weighted by molar-refractivity contribution is 9.10. The first-order valence-electron chi connectivity index (χ1n) is 5.47. The second kappa shape index (κ2) is 5.55. The summed E-state index contributed by atoms with van der Waals surface area (Å²) in [6, 6.07) is 7.38. The van der Waals surface area contributed by atoms with Gasteiger partial charge in [-0.3, -0.25) is 0 Å². The van der Waals surface area contributed by atoms with Crippen molar-refractivity contribution in [1.82, 2.24) is 9.97 Å². The molecule has 5 heteroatoms. The molecule has 0 N–H and O–H groups in total. The summed E-state index contributed by atoms with van der Waals surface area (Å²) in [5.41, 5.74) is 1.69. The van der Waals surface area contributed by atoms with Crippen molar-refractivity contribution in [2.45, 2.75) is 19.8 Å². The van der Waals surface area contributed by atoms with E-state index in [-0.39, 0.29) is 0 Å². The predicted octanol–water partition coefficient (Wildman–Crippen LogP) is 5.34. The number of benzene rings is 1. The van der Waals surface area contributed by atoms with E-state index in [1.165, 1.54) is 0 Å². The maximum atomic E-state index is 6.20. The average molecular weight is 346 g/mol. The summed E-state index contributed by atoms with van der Waals surface area (Å²) < 4.78 is 0.919. The molecule has 0 spiro atoms. The third kappa shape index (κ3) is 3.02. The predicted molar refractivity (Wildman–Crippen MR) is 79.3 cm³/mol. The molecule has 0 aliphatic heterocycles. The first-order chi connectivity index (χ1) is 8.47. The number of rotatable bonds is 2. The Labute approximate surface area is 124 Å². The Hall–Kier alpha value is -0.640. The lowest BCUT2D eigenvalue weighted by molar-refractivity contribution is 0.817. The molecule has 0 unspecified atom stereocenters. The van der Waals surface area contributed by atoms with Crippen LogP contribution in [-0.2, 0) is 0 Å². The lowest BCUT2D eigenvalue weighted by atomic mass is 10.1. The van der Waals surface area contributed by atoms with Gasteiger partial charge in [-0.25, -0.2) is 9.97 Å². The monoisotopic (exact) mass is 344 g/mol. The Bertz CT molecular complexity index is 585. The van der Waals surface area contributed by atoms with Gasteiger partial charge in [-0.15, -0.1) is 0 Å². The first kappa shape index (κ1) is 13.8. The Morgan fingerprint density at radius 2 is 1.83 bits per heavy atom. The number of aromatic nitrogens is 2. The molecule has 2 nitrogen and oxygen atoms in total. The zero-order valence-electron chi connectivity index (χ0n) is 9.92. The molecule has 0 fully saturated rings.